The smallest absolute Gasteiger partial charge is 0.236 e. The molecular weight excluding hydrogens is 180 g/mol. The molecule has 0 unspecified atom stereocenters. The number of aliphatic hydroxyl groups excluding tert-OH is 1. The standard InChI is InChI=1S/C10H20N2O2/c1-2-3-8(11)9(14)12-6-10(7-13)4-5-10/h8,13H,2-7,11H2,1H3,(H,12,14)/t8-/m1/s1. The van der Waals surface area contributed by atoms with Crippen LogP contribution in [-0.2, 0) is 4.79 Å². The number of carbonyl (C=O) groups is 1. The second kappa shape index (κ2) is 4.75. The monoisotopic (exact) mass is 200 g/mol. The highest BCUT2D eigenvalue weighted by atomic mass is 16.3. The van der Waals surface area contributed by atoms with Crippen molar-refractivity contribution in [2.45, 2.75) is 38.6 Å². The number of carbonyl (C=O) groups excluding carboxylic acids is 1. The SMILES string of the molecule is CCC[C@@H](N)C(=O)NCC1(CO)CC1. The summed E-state index contributed by atoms with van der Waals surface area (Å²) in [5, 5.41) is 11.8. The summed E-state index contributed by atoms with van der Waals surface area (Å²) in [6, 6.07) is -0.394. The van der Waals surface area contributed by atoms with Crippen LogP contribution in [0.5, 0.6) is 0 Å². The third-order valence-corrected chi connectivity index (χ3v) is 2.87. The number of nitrogens with one attached hydrogen (secondary N) is 1. The summed E-state index contributed by atoms with van der Waals surface area (Å²) in [6.45, 7) is 2.74. The number of hydrogen-bond donors (Lipinski definition) is 3. The lowest BCUT2D eigenvalue weighted by atomic mass is 10.1. The number of aliphatic hydroxyl groups is 1. The van der Waals surface area contributed by atoms with Crippen molar-refractivity contribution in [1.82, 2.24) is 5.32 Å². The molecule has 0 heterocycles. The topological polar surface area (TPSA) is 75.4 Å². The van der Waals surface area contributed by atoms with E-state index in [1.165, 1.54) is 0 Å². The van der Waals surface area contributed by atoms with E-state index in [0.717, 1.165) is 25.7 Å². The van der Waals surface area contributed by atoms with E-state index in [9.17, 15) is 4.79 Å². The number of amides is 1. The molecule has 4 nitrogen and oxygen atoms in total. The van der Waals surface area contributed by atoms with Crippen LogP contribution in [0.2, 0.25) is 0 Å². The summed E-state index contributed by atoms with van der Waals surface area (Å²) in [4.78, 5) is 11.4. The summed E-state index contributed by atoms with van der Waals surface area (Å²) in [7, 11) is 0. The zero-order valence-corrected chi connectivity index (χ0v) is 8.75. The molecule has 1 aliphatic rings. The van der Waals surface area contributed by atoms with Crippen LogP contribution in [0.25, 0.3) is 0 Å². The quantitative estimate of drug-likeness (QED) is 0.565. The maximum Gasteiger partial charge on any atom is 0.236 e. The van der Waals surface area contributed by atoms with Gasteiger partial charge in [-0.25, -0.2) is 0 Å². The zero-order valence-electron chi connectivity index (χ0n) is 8.75. The van der Waals surface area contributed by atoms with Crippen LogP contribution in [0.1, 0.15) is 32.6 Å². The van der Waals surface area contributed by atoms with Gasteiger partial charge in [-0.2, -0.15) is 0 Å². The maximum atomic E-state index is 11.4. The Kier molecular flexibility index (Phi) is 3.89. The van der Waals surface area contributed by atoms with Gasteiger partial charge in [0.25, 0.3) is 0 Å². The van der Waals surface area contributed by atoms with Gasteiger partial charge in [0, 0.05) is 12.0 Å². The fourth-order valence-corrected chi connectivity index (χ4v) is 1.42. The van der Waals surface area contributed by atoms with E-state index in [-0.39, 0.29) is 17.9 Å². The van der Waals surface area contributed by atoms with E-state index in [1.54, 1.807) is 0 Å². The highest BCUT2D eigenvalue weighted by Gasteiger charge is 2.42. The van der Waals surface area contributed by atoms with Crippen molar-refractivity contribution in [1.29, 1.82) is 0 Å². The van der Waals surface area contributed by atoms with Crippen LogP contribution in [0.15, 0.2) is 0 Å². The second-order valence-electron chi connectivity index (χ2n) is 4.27. The van der Waals surface area contributed by atoms with E-state index >= 15 is 0 Å². The molecule has 1 amide bonds. The first kappa shape index (κ1) is 11.5. The molecule has 0 aromatic carbocycles. The Bertz CT molecular complexity index is 202. The Morgan fingerprint density at radius 3 is 2.71 bits per heavy atom. The molecule has 0 saturated heterocycles. The van der Waals surface area contributed by atoms with Gasteiger partial charge in [0.05, 0.1) is 12.6 Å². The molecule has 4 N–H and O–H groups in total. The molecule has 4 heteroatoms. The molecular formula is C10H20N2O2. The number of nitrogens with two attached hydrogens (primary N) is 1. The summed E-state index contributed by atoms with van der Waals surface area (Å²) < 4.78 is 0. The minimum atomic E-state index is -0.394. The Labute approximate surface area is 84.9 Å². The molecule has 1 aliphatic carbocycles. The Morgan fingerprint density at radius 1 is 1.64 bits per heavy atom. The van der Waals surface area contributed by atoms with Gasteiger partial charge in [0.1, 0.15) is 0 Å². The lowest BCUT2D eigenvalue weighted by molar-refractivity contribution is -0.122. The highest BCUT2D eigenvalue weighted by Crippen LogP contribution is 2.44. The van der Waals surface area contributed by atoms with E-state index in [0.29, 0.717) is 6.54 Å². The van der Waals surface area contributed by atoms with Gasteiger partial charge in [0.2, 0.25) is 5.91 Å². The predicted octanol–water partition coefficient (Wildman–Crippen LogP) is 0.00250. The Morgan fingerprint density at radius 2 is 2.29 bits per heavy atom. The van der Waals surface area contributed by atoms with Gasteiger partial charge < -0.3 is 16.2 Å². The van der Waals surface area contributed by atoms with Crippen LogP contribution >= 0.6 is 0 Å². The fraction of sp³-hybridized carbons (Fsp3) is 0.900. The van der Waals surface area contributed by atoms with Gasteiger partial charge in [0.15, 0.2) is 0 Å². The van der Waals surface area contributed by atoms with E-state index < -0.39 is 6.04 Å². The Hall–Kier alpha value is -0.610. The third kappa shape index (κ3) is 2.96. The summed E-state index contributed by atoms with van der Waals surface area (Å²) in [5.74, 6) is -0.0911. The molecule has 1 fully saturated rings. The first-order valence-corrected chi connectivity index (χ1v) is 5.28. The van der Waals surface area contributed by atoms with Crippen LogP contribution in [0.3, 0.4) is 0 Å². The molecule has 0 spiro atoms. The van der Waals surface area contributed by atoms with Crippen molar-refractivity contribution < 1.29 is 9.90 Å². The average molecular weight is 200 g/mol. The average Bonchev–Trinajstić information content (AvgIpc) is 2.95. The molecule has 0 bridgehead atoms. The van der Waals surface area contributed by atoms with Crippen LogP contribution in [-0.4, -0.2) is 30.2 Å². The molecule has 0 aliphatic heterocycles. The first-order chi connectivity index (χ1) is 6.63. The van der Waals surface area contributed by atoms with E-state index in [2.05, 4.69) is 5.32 Å². The van der Waals surface area contributed by atoms with Gasteiger partial charge in [-0.3, -0.25) is 4.79 Å². The minimum Gasteiger partial charge on any atom is -0.396 e. The predicted molar refractivity (Wildman–Crippen MR) is 54.6 cm³/mol. The lowest BCUT2D eigenvalue weighted by Crippen LogP contribution is -2.43. The number of rotatable bonds is 6. The molecule has 0 aromatic heterocycles. The zero-order chi connectivity index (χ0) is 10.6. The van der Waals surface area contributed by atoms with Crippen LogP contribution < -0.4 is 11.1 Å². The van der Waals surface area contributed by atoms with E-state index in [4.69, 9.17) is 10.8 Å². The second-order valence-corrected chi connectivity index (χ2v) is 4.27. The molecule has 0 aromatic rings. The van der Waals surface area contributed by atoms with Gasteiger partial charge in [-0.05, 0) is 19.3 Å². The Balaban J connectivity index is 2.20. The van der Waals surface area contributed by atoms with Crippen molar-refractivity contribution in [2.75, 3.05) is 13.2 Å². The molecule has 0 radical (unpaired) electrons. The van der Waals surface area contributed by atoms with Gasteiger partial charge in [-0.1, -0.05) is 13.3 Å². The summed E-state index contributed by atoms with van der Waals surface area (Å²) >= 11 is 0. The molecule has 1 saturated carbocycles. The van der Waals surface area contributed by atoms with Crippen molar-refractivity contribution in [2.24, 2.45) is 11.1 Å². The fourth-order valence-electron chi connectivity index (χ4n) is 1.42. The third-order valence-electron chi connectivity index (χ3n) is 2.87. The highest BCUT2D eigenvalue weighted by molar-refractivity contribution is 5.81. The van der Waals surface area contributed by atoms with Crippen LogP contribution in [0.4, 0.5) is 0 Å². The molecule has 14 heavy (non-hydrogen) atoms. The largest absolute Gasteiger partial charge is 0.396 e. The molecule has 1 atom stereocenters. The van der Waals surface area contributed by atoms with Crippen molar-refractivity contribution >= 4 is 5.91 Å². The summed E-state index contributed by atoms with van der Waals surface area (Å²) in [5.41, 5.74) is 5.62. The van der Waals surface area contributed by atoms with Crippen molar-refractivity contribution in [3.05, 3.63) is 0 Å². The summed E-state index contributed by atoms with van der Waals surface area (Å²) in [6.07, 6.45) is 3.65. The van der Waals surface area contributed by atoms with Crippen molar-refractivity contribution in [3.63, 3.8) is 0 Å². The van der Waals surface area contributed by atoms with Gasteiger partial charge in [-0.15, -0.1) is 0 Å². The molecule has 1 rings (SSSR count). The first-order valence-electron chi connectivity index (χ1n) is 5.28. The normalized spacial score (nSPS) is 20.2. The lowest BCUT2D eigenvalue weighted by Gasteiger charge is -2.15. The number of hydrogen-bond acceptors (Lipinski definition) is 3. The maximum absolute atomic E-state index is 11.4. The minimum absolute atomic E-state index is 0.0262. The van der Waals surface area contributed by atoms with Gasteiger partial charge >= 0.3 is 0 Å². The van der Waals surface area contributed by atoms with Crippen LogP contribution in [0, 0.1) is 5.41 Å². The van der Waals surface area contributed by atoms with Crippen molar-refractivity contribution in [3.8, 4) is 0 Å². The molecule has 82 valence electrons. The van der Waals surface area contributed by atoms with E-state index in [1.807, 2.05) is 6.92 Å².